The first-order valence-corrected chi connectivity index (χ1v) is 29.8. The van der Waals surface area contributed by atoms with Crippen LogP contribution in [0.5, 0.6) is 0 Å². The SMILES string of the molecule is C=C1CC2C(CCc3ccc4c(sc5ccccc54)c3-c3n(C[C@]4(C)C=C(c5ccccc5)C=C4C)c4ccccc4[n+]31)c1ccc3c(oc4ccccc43)c1-c1cc(CC(C)C)c([Si](C)(C)C)c[n+]12. The highest BCUT2D eigenvalue weighted by Crippen LogP contribution is 2.51. The zero-order valence-corrected chi connectivity index (χ0v) is 43.4. The van der Waals surface area contributed by atoms with E-state index >= 15 is 0 Å². The van der Waals surface area contributed by atoms with Crippen molar-refractivity contribution in [3.05, 3.63) is 186 Å². The fourth-order valence-corrected chi connectivity index (χ4v) is 15.7. The number of thiophene rings is 1. The molecular weight excluding hydrogens is 887 g/mol. The topological polar surface area (TPSA) is 25.8 Å². The lowest BCUT2D eigenvalue weighted by atomic mass is 9.76. The summed E-state index contributed by atoms with van der Waals surface area (Å²) in [5.74, 6) is 1.99. The van der Waals surface area contributed by atoms with Crippen molar-refractivity contribution in [3.8, 4) is 22.6 Å². The number of aryl methyl sites for hydroxylation is 1. The van der Waals surface area contributed by atoms with Crippen LogP contribution in [0.15, 0.2) is 168 Å². The number of hydrogen-bond acceptors (Lipinski definition) is 2. The Balaban J connectivity index is 1.08. The minimum absolute atomic E-state index is 0.131. The van der Waals surface area contributed by atoms with Gasteiger partial charge in [0, 0.05) is 48.8 Å². The van der Waals surface area contributed by atoms with Crippen LogP contribution in [0.25, 0.3) is 87.1 Å². The number of imidazole rings is 1. The molecule has 4 aromatic heterocycles. The Kier molecular flexibility index (Phi) is 9.90. The minimum atomic E-state index is -1.81. The maximum atomic E-state index is 7.02. The summed E-state index contributed by atoms with van der Waals surface area (Å²) in [6, 6.07) is 50.1. The summed E-state index contributed by atoms with van der Waals surface area (Å²) in [6.07, 6.45) is 11.3. The first-order valence-electron chi connectivity index (χ1n) is 25.5. The number of nitrogens with zero attached hydrogens (tertiary/aromatic N) is 3. The summed E-state index contributed by atoms with van der Waals surface area (Å²) < 4.78 is 17.7. The summed E-state index contributed by atoms with van der Waals surface area (Å²) in [5, 5.41) is 6.59. The maximum Gasteiger partial charge on any atom is 0.296 e. The highest BCUT2D eigenvalue weighted by atomic mass is 32.1. The number of para-hydroxylation sites is 3. The van der Waals surface area contributed by atoms with Gasteiger partial charge in [0.05, 0.1) is 30.3 Å². The average Bonchev–Trinajstić information content (AvgIpc) is 4.09. The molecule has 0 amide bonds. The second kappa shape index (κ2) is 16.0. The largest absolute Gasteiger partial charge is 0.455 e. The molecular formula is C64H61N3OSSi+2. The third-order valence-electron chi connectivity index (χ3n) is 16.3. The van der Waals surface area contributed by atoms with Crippen LogP contribution in [-0.2, 0) is 19.4 Å². The Hall–Kier alpha value is -6.60. The molecule has 6 heterocycles. The van der Waals surface area contributed by atoms with Gasteiger partial charge in [0.1, 0.15) is 23.4 Å². The monoisotopic (exact) mass is 947 g/mol. The Labute approximate surface area is 416 Å². The van der Waals surface area contributed by atoms with Crippen molar-refractivity contribution >= 4 is 89.0 Å². The van der Waals surface area contributed by atoms with Gasteiger partial charge in [0.15, 0.2) is 23.3 Å². The molecule has 0 bridgehead atoms. The Morgan fingerprint density at radius 3 is 2.39 bits per heavy atom. The smallest absolute Gasteiger partial charge is 0.296 e. The normalized spacial score (nSPS) is 19.1. The van der Waals surface area contributed by atoms with Gasteiger partial charge in [0.25, 0.3) is 5.82 Å². The van der Waals surface area contributed by atoms with E-state index in [4.69, 9.17) is 11.0 Å². The average molecular weight is 948 g/mol. The number of fused-ring (bicyclic) bond motifs is 19. The van der Waals surface area contributed by atoms with Gasteiger partial charge in [-0.25, -0.2) is 4.57 Å². The van der Waals surface area contributed by atoms with E-state index in [0.717, 1.165) is 49.1 Å². The zero-order chi connectivity index (χ0) is 47.8. The Bertz CT molecular complexity index is 3890. The van der Waals surface area contributed by atoms with Crippen LogP contribution in [0, 0.1) is 11.3 Å². The van der Waals surface area contributed by atoms with Crippen molar-refractivity contribution in [2.45, 2.75) is 91.5 Å². The molecule has 2 aliphatic heterocycles. The van der Waals surface area contributed by atoms with E-state index in [1.807, 2.05) is 11.3 Å². The second-order valence-electron chi connectivity index (χ2n) is 22.4. The van der Waals surface area contributed by atoms with E-state index < -0.39 is 8.07 Å². The van der Waals surface area contributed by atoms with Gasteiger partial charge < -0.3 is 4.42 Å². The lowest BCUT2D eigenvalue weighted by Gasteiger charge is -2.33. The van der Waals surface area contributed by atoms with Crippen LogP contribution in [0.4, 0.5) is 0 Å². The molecule has 6 aromatic carbocycles. The lowest BCUT2D eigenvalue weighted by Crippen LogP contribution is -2.54. The predicted octanol–water partition coefficient (Wildman–Crippen LogP) is 15.8. The fraction of sp³-hybridized carbons (Fsp3) is 0.250. The molecule has 0 saturated carbocycles. The molecule has 0 saturated heterocycles. The minimum Gasteiger partial charge on any atom is -0.455 e. The maximum absolute atomic E-state index is 7.02. The number of hydrogen-bond donors (Lipinski definition) is 0. The fourth-order valence-electron chi connectivity index (χ4n) is 12.8. The van der Waals surface area contributed by atoms with E-state index in [1.165, 1.54) is 98.0 Å². The molecule has 0 spiro atoms. The van der Waals surface area contributed by atoms with Gasteiger partial charge in [-0.15, -0.1) is 11.3 Å². The molecule has 0 radical (unpaired) electrons. The standard InChI is InChI=1S/C64H61N3OSSi/c1-39(2)32-44-35-55-60-49(30-31-50-47-20-12-16-24-56(47)68-61(50)60)46-28-26-43-27-29-51-48-21-13-17-25-57(48)69-62(51)59(43)63-66(38-64(5)36-45(33-40(64)3)42-18-10-9-11-19-42)52-22-14-15-23-53(52)67(63)41(4)34-54(46)65(55)37-58(44)70(6,7)8/h9-25,27,29-31,33,35-37,39,46,54H,4,26,28,32,34,38H2,1-3,5-8H3/q+2/t46?,54?,64-/m0/s1. The summed E-state index contributed by atoms with van der Waals surface area (Å²) >= 11 is 1.95. The van der Waals surface area contributed by atoms with Crippen molar-refractivity contribution in [1.29, 1.82) is 0 Å². The number of rotatable bonds is 6. The van der Waals surface area contributed by atoms with Crippen molar-refractivity contribution in [2.75, 3.05) is 0 Å². The van der Waals surface area contributed by atoms with Crippen LogP contribution in [-0.4, -0.2) is 12.6 Å². The van der Waals surface area contributed by atoms with Gasteiger partial charge in [-0.1, -0.05) is 161 Å². The predicted molar refractivity (Wildman–Crippen MR) is 298 cm³/mol. The van der Waals surface area contributed by atoms with E-state index in [-0.39, 0.29) is 17.4 Å². The molecule has 346 valence electrons. The van der Waals surface area contributed by atoms with Crippen LogP contribution >= 0.6 is 11.3 Å². The molecule has 13 rings (SSSR count). The molecule has 10 aromatic rings. The van der Waals surface area contributed by atoms with Crippen molar-refractivity contribution in [3.63, 3.8) is 0 Å². The first kappa shape index (κ1) is 43.4. The zero-order valence-electron chi connectivity index (χ0n) is 41.6. The number of allylic oxidation sites excluding steroid dienone is 5. The quantitative estimate of drug-likeness (QED) is 0.120. The number of pyridine rings is 1. The van der Waals surface area contributed by atoms with Gasteiger partial charge in [0.2, 0.25) is 5.69 Å². The molecule has 2 unspecified atom stereocenters. The van der Waals surface area contributed by atoms with E-state index in [2.05, 4.69) is 213 Å². The third kappa shape index (κ3) is 6.66. The van der Waals surface area contributed by atoms with Crippen molar-refractivity contribution in [1.82, 2.24) is 4.57 Å². The molecule has 3 atom stereocenters. The molecule has 4 nitrogen and oxygen atoms in total. The van der Waals surface area contributed by atoms with Crippen LogP contribution in [0.2, 0.25) is 19.6 Å². The number of benzene rings is 6. The molecule has 1 aliphatic carbocycles. The van der Waals surface area contributed by atoms with Crippen LogP contribution in [0.1, 0.15) is 74.8 Å². The van der Waals surface area contributed by atoms with E-state index in [9.17, 15) is 0 Å². The lowest BCUT2D eigenvalue weighted by molar-refractivity contribution is -0.719. The highest BCUT2D eigenvalue weighted by Gasteiger charge is 2.47. The summed E-state index contributed by atoms with van der Waals surface area (Å²) in [6.45, 7) is 23.1. The number of furan rings is 1. The van der Waals surface area contributed by atoms with Gasteiger partial charge in [-0.05, 0) is 91.1 Å². The Morgan fingerprint density at radius 1 is 0.829 bits per heavy atom. The van der Waals surface area contributed by atoms with Crippen LogP contribution < -0.4 is 14.3 Å². The molecule has 0 fully saturated rings. The summed E-state index contributed by atoms with van der Waals surface area (Å²) in [7, 11) is -1.81. The third-order valence-corrected chi connectivity index (χ3v) is 19.5. The summed E-state index contributed by atoms with van der Waals surface area (Å²) in [4.78, 5) is 0. The molecule has 70 heavy (non-hydrogen) atoms. The van der Waals surface area contributed by atoms with Gasteiger partial charge >= 0.3 is 0 Å². The van der Waals surface area contributed by atoms with Crippen molar-refractivity contribution in [2.24, 2.45) is 11.3 Å². The molecule has 3 aliphatic rings. The van der Waals surface area contributed by atoms with Gasteiger partial charge in [-0.2, -0.15) is 9.13 Å². The Morgan fingerprint density at radius 2 is 1.57 bits per heavy atom. The first-order chi connectivity index (χ1) is 33.8. The van der Waals surface area contributed by atoms with E-state index in [1.54, 1.807) is 5.19 Å². The number of aromatic nitrogens is 3. The van der Waals surface area contributed by atoms with Crippen LogP contribution in [0.3, 0.4) is 0 Å². The van der Waals surface area contributed by atoms with Crippen molar-refractivity contribution < 1.29 is 13.6 Å². The van der Waals surface area contributed by atoms with E-state index in [0.29, 0.717) is 5.92 Å². The summed E-state index contributed by atoms with van der Waals surface area (Å²) in [5.41, 5.74) is 17.4. The van der Waals surface area contributed by atoms with Gasteiger partial charge in [-0.3, -0.25) is 0 Å². The highest BCUT2D eigenvalue weighted by molar-refractivity contribution is 7.26. The second-order valence-corrected chi connectivity index (χ2v) is 28.5. The molecule has 6 heteroatoms. The molecule has 0 N–H and O–H groups in total.